The number of hydrogen-bond donors (Lipinski definition) is 1. The molecule has 1 N–H and O–H groups in total. The maximum absolute atomic E-state index is 12.0. The molecule has 1 aliphatic rings. The third-order valence-corrected chi connectivity index (χ3v) is 6.23. The van der Waals surface area contributed by atoms with Crippen molar-refractivity contribution in [3.05, 3.63) is 65.7 Å². The summed E-state index contributed by atoms with van der Waals surface area (Å²) in [5.74, 6) is -0.145. The van der Waals surface area contributed by atoms with Gasteiger partial charge in [0, 0.05) is 0 Å². The molecule has 1 atom stereocenters. The van der Waals surface area contributed by atoms with Gasteiger partial charge in [0.2, 0.25) is 5.91 Å². The third-order valence-electron chi connectivity index (χ3n) is 4.46. The number of benzene rings is 2. The highest BCUT2D eigenvalue weighted by atomic mass is 32.2. The van der Waals surface area contributed by atoms with Gasteiger partial charge in [0.25, 0.3) is 0 Å². The van der Waals surface area contributed by atoms with Crippen LogP contribution in [-0.2, 0) is 21.2 Å². The van der Waals surface area contributed by atoms with E-state index in [4.69, 9.17) is 4.74 Å². The molecule has 0 saturated carbocycles. The summed E-state index contributed by atoms with van der Waals surface area (Å²) in [5, 5.41) is 4.09. The first kappa shape index (κ1) is 19.1. The second kappa shape index (κ2) is 8.35. The average Bonchev–Trinajstić information content (AvgIpc) is 3.05. The predicted octanol–water partition coefficient (Wildman–Crippen LogP) is 2.54. The number of carbonyl (C=O) groups excluding carboxylic acids is 1. The summed E-state index contributed by atoms with van der Waals surface area (Å²) in [5.41, 5.74) is 5.06. The van der Waals surface area contributed by atoms with Crippen LogP contribution >= 0.6 is 0 Å². The van der Waals surface area contributed by atoms with E-state index < -0.39 is 15.8 Å². The molecule has 2 aromatic rings. The minimum absolute atomic E-state index is 0.0677. The van der Waals surface area contributed by atoms with Gasteiger partial charge in [-0.2, -0.15) is 5.10 Å². The van der Waals surface area contributed by atoms with Crippen molar-refractivity contribution < 1.29 is 17.9 Å². The molecule has 27 heavy (non-hydrogen) atoms. The van der Waals surface area contributed by atoms with Crippen molar-refractivity contribution in [3.8, 4) is 5.75 Å². The van der Waals surface area contributed by atoms with Gasteiger partial charge in [0.1, 0.15) is 12.4 Å². The Balaban J connectivity index is 1.54. The Bertz CT molecular complexity index is 922. The smallest absolute Gasteiger partial charge is 0.244 e. The van der Waals surface area contributed by atoms with Gasteiger partial charge in [-0.25, -0.2) is 13.8 Å². The molecule has 1 saturated heterocycles. The van der Waals surface area contributed by atoms with Gasteiger partial charge < -0.3 is 4.74 Å². The van der Waals surface area contributed by atoms with Crippen LogP contribution in [-0.4, -0.2) is 31.5 Å². The number of hydrazone groups is 1. The SMILES string of the molecule is C/C(=N/NC(=O)[C@@H]1CCS(=O)(=O)C1)c1ccc(OCc2ccccc2)cc1. The van der Waals surface area contributed by atoms with Crippen molar-refractivity contribution in [2.45, 2.75) is 20.0 Å². The normalized spacial score (nSPS) is 18.9. The van der Waals surface area contributed by atoms with E-state index >= 15 is 0 Å². The number of sulfone groups is 1. The maximum atomic E-state index is 12.0. The van der Waals surface area contributed by atoms with Gasteiger partial charge >= 0.3 is 0 Å². The fourth-order valence-corrected chi connectivity index (χ4v) is 4.57. The van der Waals surface area contributed by atoms with Crippen molar-refractivity contribution in [2.75, 3.05) is 11.5 Å². The lowest BCUT2D eigenvalue weighted by Gasteiger charge is -2.08. The van der Waals surface area contributed by atoms with Gasteiger partial charge in [0.15, 0.2) is 9.84 Å². The van der Waals surface area contributed by atoms with Crippen molar-refractivity contribution >= 4 is 21.5 Å². The second-order valence-electron chi connectivity index (χ2n) is 6.57. The molecule has 1 amide bonds. The van der Waals surface area contributed by atoms with Crippen molar-refractivity contribution in [1.29, 1.82) is 0 Å². The molecule has 0 unspecified atom stereocenters. The van der Waals surface area contributed by atoms with Gasteiger partial charge in [0.05, 0.1) is 23.1 Å². The number of hydrogen-bond acceptors (Lipinski definition) is 5. The van der Waals surface area contributed by atoms with E-state index in [0.29, 0.717) is 18.7 Å². The van der Waals surface area contributed by atoms with E-state index in [0.717, 1.165) is 16.9 Å². The lowest BCUT2D eigenvalue weighted by molar-refractivity contribution is -0.124. The molecule has 142 valence electrons. The molecule has 3 rings (SSSR count). The first-order valence-electron chi connectivity index (χ1n) is 8.75. The molecule has 1 aliphatic heterocycles. The molecule has 6 nitrogen and oxygen atoms in total. The summed E-state index contributed by atoms with van der Waals surface area (Å²) < 4.78 is 28.7. The topological polar surface area (TPSA) is 84.8 Å². The first-order valence-corrected chi connectivity index (χ1v) is 10.6. The molecule has 7 heteroatoms. The number of ether oxygens (including phenoxy) is 1. The minimum Gasteiger partial charge on any atom is -0.489 e. The third kappa shape index (κ3) is 5.40. The van der Waals surface area contributed by atoms with Gasteiger partial charge in [-0.05, 0) is 48.7 Å². The Morgan fingerprint density at radius 1 is 1.15 bits per heavy atom. The molecule has 1 fully saturated rings. The Hall–Kier alpha value is -2.67. The largest absolute Gasteiger partial charge is 0.489 e. The zero-order chi connectivity index (χ0) is 19.3. The van der Waals surface area contributed by atoms with Crippen molar-refractivity contribution in [2.24, 2.45) is 11.0 Å². The lowest BCUT2D eigenvalue weighted by atomic mass is 10.1. The number of amides is 1. The Kier molecular flexibility index (Phi) is 5.91. The minimum atomic E-state index is -3.08. The van der Waals surface area contributed by atoms with Crippen LogP contribution in [0.4, 0.5) is 0 Å². The van der Waals surface area contributed by atoms with Gasteiger partial charge in [-0.15, -0.1) is 0 Å². The fraction of sp³-hybridized carbons (Fsp3) is 0.300. The van der Waals surface area contributed by atoms with Gasteiger partial charge in [-0.1, -0.05) is 30.3 Å². The quantitative estimate of drug-likeness (QED) is 0.611. The molecule has 1 heterocycles. The summed E-state index contributed by atoms with van der Waals surface area (Å²) >= 11 is 0. The highest BCUT2D eigenvalue weighted by Crippen LogP contribution is 2.18. The highest BCUT2D eigenvalue weighted by Gasteiger charge is 2.32. The summed E-state index contributed by atoms with van der Waals surface area (Å²) in [6, 6.07) is 17.3. The Labute approximate surface area is 159 Å². The number of nitrogens with one attached hydrogen (secondary N) is 1. The average molecular weight is 386 g/mol. The zero-order valence-electron chi connectivity index (χ0n) is 15.1. The molecule has 0 bridgehead atoms. The van der Waals surface area contributed by atoms with Gasteiger partial charge in [-0.3, -0.25) is 4.79 Å². The van der Waals surface area contributed by atoms with Crippen LogP contribution in [0.1, 0.15) is 24.5 Å². The molecule has 0 spiro atoms. The summed E-state index contributed by atoms with van der Waals surface area (Å²) in [6.07, 6.45) is 0.357. The molecule has 2 aromatic carbocycles. The maximum Gasteiger partial charge on any atom is 0.244 e. The number of nitrogens with zero attached hydrogens (tertiary/aromatic N) is 1. The summed E-state index contributed by atoms with van der Waals surface area (Å²) in [7, 11) is -3.08. The number of carbonyl (C=O) groups is 1. The van der Waals surface area contributed by atoms with E-state index in [9.17, 15) is 13.2 Å². The van der Waals surface area contributed by atoms with Crippen LogP contribution in [0, 0.1) is 5.92 Å². The van der Waals surface area contributed by atoms with E-state index in [-0.39, 0.29) is 17.4 Å². The molecular weight excluding hydrogens is 364 g/mol. The van der Waals surface area contributed by atoms with Crippen LogP contribution < -0.4 is 10.2 Å². The summed E-state index contributed by atoms with van der Waals surface area (Å²) in [6.45, 7) is 2.28. The molecule has 0 aliphatic carbocycles. The van der Waals surface area contributed by atoms with Crippen molar-refractivity contribution in [3.63, 3.8) is 0 Å². The van der Waals surface area contributed by atoms with E-state index in [2.05, 4.69) is 10.5 Å². The van der Waals surface area contributed by atoms with Crippen LogP contribution in [0.15, 0.2) is 59.7 Å². The fourth-order valence-electron chi connectivity index (χ4n) is 2.83. The Morgan fingerprint density at radius 3 is 2.48 bits per heavy atom. The van der Waals surface area contributed by atoms with E-state index in [1.807, 2.05) is 54.6 Å². The van der Waals surface area contributed by atoms with Crippen molar-refractivity contribution in [1.82, 2.24) is 5.43 Å². The highest BCUT2D eigenvalue weighted by molar-refractivity contribution is 7.91. The monoisotopic (exact) mass is 386 g/mol. The first-order chi connectivity index (χ1) is 12.9. The molecular formula is C20H22N2O4S. The second-order valence-corrected chi connectivity index (χ2v) is 8.80. The molecule has 0 radical (unpaired) electrons. The lowest BCUT2D eigenvalue weighted by Crippen LogP contribution is -2.28. The number of rotatable bonds is 6. The van der Waals surface area contributed by atoms with Crippen LogP contribution in [0.2, 0.25) is 0 Å². The van der Waals surface area contributed by atoms with Crippen LogP contribution in [0.25, 0.3) is 0 Å². The predicted molar refractivity (Wildman–Crippen MR) is 104 cm³/mol. The van der Waals surface area contributed by atoms with Crippen LogP contribution in [0.3, 0.4) is 0 Å². The Morgan fingerprint density at radius 2 is 1.85 bits per heavy atom. The standard InChI is InChI=1S/C20H22N2O4S/c1-15(21-22-20(23)18-11-12-27(24,25)14-18)17-7-9-19(10-8-17)26-13-16-5-3-2-4-6-16/h2-10,18H,11-14H2,1H3,(H,22,23)/b21-15-/t18-/m1/s1. The van der Waals surface area contributed by atoms with E-state index in [1.54, 1.807) is 6.92 Å². The zero-order valence-corrected chi connectivity index (χ0v) is 15.9. The van der Waals surface area contributed by atoms with E-state index in [1.165, 1.54) is 0 Å². The summed E-state index contributed by atoms with van der Waals surface area (Å²) in [4.78, 5) is 12.0. The molecule has 0 aromatic heterocycles. The van der Waals surface area contributed by atoms with Crippen LogP contribution in [0.5, 0.6) is 5.75 Å².